The predicted molar refractivity (Wildman–Crippen MR) is 108 cm³/mol. The van der Waals surface area contributed by atoms with Gasteiger partial charge in [0.2, 0.25) is 0 Å². The van der Waals surface area contributed by atoms with E-state index in [0.29, 0.717) is 6.54 Å². The number of nitrogens with one attached hydrogen (secondary N) is 1. The Kier molecular flexibility index (Phi) is 5.35. The van der Waals surface area contributed by atoms with Crippen molar-refractivity contribution >= 4 is 17.1 Å². The molecule has 2 aliphatic rings. The highest BCUT2D eigenvalue weighted by Gasteiger charge is 2.37. The molecule has 144 valence electrons. The smallest absolute Gasteiger partial charge is 0.168 e. The second kappa shape index (κ2) is 7.74. The quantitative estimate of drug-likeness (QED) is 0.824. The van der Waals surface area contributed by atoms with Gasteiger partial charge in [0.15, 0.2) is 5.78 Å². The zero-order valence-electron chi connectivity index (χ0n) is 15.9. The summed E-state index contributed by atoms with van der Waals surface area (Å²) in [5, 5.41) is 14.1. The van der Waals surface area contributed by atoms with Gasteiger partial charge in [-0.2, -0.15) is 0 Å². The van der Waals surface area contributed by atoms with E-state index in [-0.39, 0.29) is 23.8 Å². The molecular formula is C22H27NO3S. The minimum atomic E-state index is -0.552. The molecule has 2 aromatic rings. The molecule has 0 radical (unpaired) electrons. The van der Waals surface area contributed by atoms with Crippen molar-refractivity contribution in [1.82, 2.24) is 5.32 Å². The highest BCUT2D eigenvalue weighted by molar-refractivity contribution is 7.12. The van der Waals surface area contributed by atoms with Crippen LogP contribution in [0.5, 0.6) is 5.75 Å². The predicted octanol–water partition coefficient (Wildman–Crippen LogP) is 3.67. The lowest BCUT2D eigenvalue weighted by Gasteiger charge is -2.25. The molecule has 27 heavy (non-hydrogen) atoms. The molecule has 1 fully saturated rings. The third kappa shape index (κ3) is 3.96. The first-order valence-corrected chi connectivity index (χ1v) is 10.6. The van der Waals surface area contributed by atoms with Gasteiger partial charge in [0, 0.05) is 33.8 Å². The van der Waals surface area contributed by atoms with Crippen LogP contribution in [0, 0.1) is 19.8 Å². The van der Waals surface area contributed by atoms with Gasteiger partial charge in [0.05, 0.1) is 0 Å². The number of Topliss-reactive ketones (excluding diaryl/α,β-unsaturated/α-hetero) is 1. The van der Waals surface area contributed by atoms with Gasteiger partial charge in [0.25, 0.3) is 0 Å². The van der Waals surface area contributed by atoms with E-state index in [4.69, 9.17) is 4.74 Å². The molecule has 4 nitrogen and oxygen atoms in total. The molecule has 1 aromatic carbocycles. The van der Waals surface area contributed by atoms with Crippen LogP contribution in [0.1, 0.15) is 44.9 Å². The summed E-state index contributed by atoms with van der Waals surface area (Å²) in [6.07, 6.45) is 2.81. The van der Waals surface area contributed by atoms with E-state index in [1.165, 1.54) is 15.3 Å². The zero-order chi connectivity index (χ0) is 19.0. The van der Waals surface area contributed by atoms with Crippen LogP contribution in [-0.2, 0) is 6.42 Å². The molecule has 0 bridgehead atoms. The third-order valence-electron chi connectivity index (χ3n) is 5.78. The molecule has 0 spiro atoms. The number of ether oxygens (including phenoxy) is 1. The monoisotopic (exact) mass is 385 g/mol. The van der Waals surface area contributed by atoms with Crippen molar-refractivity contribution in [2.24, 2.45) is 5.92 Å². The number of ketones is 1. The van der Waals surface area contributed by atoms with Gasteiger partial charge in [-0.3, -0.25) is 4.79 Å². The zero-order valence-corrected chi connectivity index (χ0v) is 16.7. The molecule has 1 aromatic heterocycles. The Morgan fingerprint density at radius 2 is 1.96 bits per heavy atom. The van der Waals surface area contributed by atoms with Crippen molar-refractivity contribution in [1.29, 1.82) is 0 Å². The lowest BCUT2D eigenvalue weighted by Crippen LogP contribution is -2.44. The van der Waals surface area contributed by atoms with Crippen LogP contribution in [0.15, 0.2) is 30.3 Å². The van der Waals surface area contributed by atoms with E-state index >= 15 is 0 Å². The number of hydrogen-bond acceptors (Lipinski definition) is 5. The summed E-state index contributed by atoms with van der Waals surface area (Å²) in [4.78, 5) is 15.2. The van der Waals surface area contributed by atoms with Gasteiger partial charge in [-0.25, -0.2) is 0 Å². The summed E-state index contributed by atoms with van der Waals surface area (Å²) in [5.74, 6) is 1.07. The molecule has 4 rings (SSSR count). The van der Waals surface area contributed by atoms with E-state index in [1.54, 1.807) is 11.3 Å². The van der Waals surface area contributed by atoms with E-state index in [2.05, 4.69) is 12.2 Å². The van der Waals surface area contributed by atoms with E-state index in [1.807, 2.05) is 37.3 Å². The average molecular weight is 386 g/mol. The summed E-state index contributed by atoms with van der Waals surface area (Å²) in [6.45, 7) is 4.74. The number of aliphatic hydroxyl groups is 1. The standard InChI is InChI=1S/C22H27NO3S/c1-13-3-6-16(7-4-13)26-19-9-8-18(22(19)25)23-12-15-5-10-20-17(21(15)24)11-14(2)27-20/h3-4,6-7,11,15,18-19,22-23,25H,5,8-10,12H2,1-2H3/t15?,18-,19-,22-/m1/s1. The fourth-order valence-corrected chi connectivity index (χ4v) is 5.24. The van der Waals surface area contributed by atoms with Crippen LogP contribution in [-0.4, -0.2) is 35.7 Å². The van der Waals surface area contributed by atoms with Crippen molar-refractivity contribution in [2.75, 3.05) is 6.54 Å². The molecule has 0 saturated heterocycles. The summed E-state index contributed by atoms with van der Waals surface area (Å²) in [6, 6.07) is 9.94. The van der Waals surface area contributed by atoms with E-state index in [9.17, 15) is 9.90 Å². The van der Waals surface area contributed by atoms with Gasteiger partial charge < -0.3 is 15.2 Å². The Labute approximate surface area is 164 Å². The third-order valence-corrected chi connectivity index (χ3v) is 6.89. The lowest BCUT2D eigenvalue weighted by atomic mass is 9.87. The maximum atomic E-state index is 12.7. The summed E-state index contributed by atoms with van der Waals surface area (Å²) in [5.41, 5.74) is 2.11. The topological polar surface area (TPSA) is 58.6 Å². The fourth-order valence-electron chi connectivity index (χ4n) is 4.19. The summed E-state index contributed by atoms with van der Waals surface area (Å²) < 4.78 is 5.98. The first kappa shape index (κ1) is 18.7. The molecular weight excluding hydrogens is 358 g/mol. The SMILES string of the molecule is Cc1ccc(O[C@@H]2CC[C@@H](NCC3CCc4sc(C)cc4C3=O)[C@H]2O)cc1. The second-order valence-corrected chi connectivity index (χ2v) is 9.19. The largest absolute Gasteiger partial charge is 0.488 e. The summed E-state index contributed by atoms with van der Waals surface area (Å²) in [7, 11) is 0. The number of benzene rings is 1. The Hall–Kier alpha value is -1.69. The number of fused-ring (bicyclic) bond motifs is 1. The fraction of sp³-hybridized carbons (Fsp3) is 0.500. The Bertz CT molecular complexity index is 813. The van der Waals surface area contributed by atoms with Crippen molar-refractivity contribution < 1.29 is 14.6 Å². The van der Waals surface area contributed by atoms with Crippen molar-refractivity contribution in [3.63, 3.8) is 0 Å². The van der Waals surface area contributed by atoms with Gasteiger partial charge in [-0.05, 0) is 57.7 Å². The lowest BCUT2D eigenvalue weighted by molar-refractivity contribution is 0.0441. The normalized spacial score (nSPS) is 27.6. The summed E-state index contributed by atoms with van der Waals surface area (Å²) >= 11 is 1.74. The Morgan fingerprint density at radius 1 is 1.19 bits per heavy atom. The average Bonchev–Trinajstić information content (AvgIpc) is 3.20. The molecule has 1 unspecified atom stereocenters. The number of hydrogen-bond donors (Lipinski definition) is 2. The first-order chi connectivity index (χ1) is 13.0. The van der Waals surface area contributed by atoms with Crippen LogP contribution in [0.2, 0.25) is 0 Å². The maximum Gasteiger partial charge on any atom is 0.168 e. The molecule has 1 heterocycles. The number of thiophene rings is 1. The highest BCUT2D eigenvalue weighted by atomic mass is 32.1. The Balaban J connectivity index is 1.31. The van der Waals surface area contributed by atoms with Crippen molar-refractivity contribution in [3.05, 3.63) is 51.2 Å². The van der Waals surface area contributed by atoms with Crippen LogP contribution < -0.4 is 10.1 Å². The van der Waals surface area contributed by atoms with E-state index < -0.39 is 6.10 Å². The second-order valence-electron chi connectivity index (χ2n) is 7.85. The highest BCUT2D eigenvalue weighted by Crippen LogP contribution is 2.32. The number of rotatable bonds is 5. The van der Waals surface area contributed by atoms with Crippen LogP contribution in [0.25, 0.3) is 0 Å². The minimum Gasteiger partial charge on any atom is -0.488 e. The number of aryl methyl sites for hydroxylation is 3. The minimum absolute atomic E-state index is 0.00997. The molecule has 2 N–H and O–H groups in total. The maximum absolute atomic E-state index is 12.7. The molecule has 0 amide bonds. The number of carbonyl (C=O) groups excluding carboxylic acids is 1. The Morgan fingerprint density at radius 3 is 2.74 bits per heavy atom. The van der Waals surface area contributed by atoms with Crippen LogP contribution in [0.3, 0.4) is 0 Å². The molecule has 2 aliphatic carbocycles. The van der Waals surface area contributed by atoms with Gasteiger partial charge in [-0.1, -0.05) is 17.7 Å². The van der Waals surface area contributed by atoms with Gasteiger partial charge in [-0.15, -0.1) is 11.3 Å². The number of carbonyl (C=O) groups is 1. The number of aliphatic hydroxyl groups excluding tert-OH is 1. The van der Waals surface area contributed by atoms with Gasteiger partial charge in [0.1, 0.15) is 18.0 Å². The first-order valence-electron chi connectivity index (χ1n) is 9.79. The molecule has 4 atom stereocenters. The van der Waals surface area contributed by atoms with Crippen molar-refractivity contribution in [3.8, 4) is 5.75 Å². The molecule has 0 aliphatic heterocycles. The van der Waals surface area contributed by atoms with Gasteiger partial charge >= 0.3 is 0 Å². The molecule has 1 saturated carbocycles. The van der Waals surface area contributed by atoms with Crippen molar-refractivity contribution in [2.45, 2.75) is 57.8 Å². The van der Waals surface area contributed by atoms with E-state index in [0.717, 1.165) is 37.0 Å². The van der Waals surface area contributed by atoms with Crippen LogP contribution in [0.4, 0.5) is 0 Å². The van der Waals surface area contributed by atoms with Crippen LogP contribution >= 0.6 is 11.3 Å². The molecule has 5 heteroatoms.